The smallest absolute Gasteiger partial charge is 0.268 e. The molecule has 0 aliphatic rings. The van der Waals surface area contributed by atoms with E-state index in [2.05, 4.69) is 20.9 Å². The number of nitrogen functional groups attached to an aromatic ring is 1. The van der Waals surface area contributed by atoms with E-state index in [0.717, 1.165) is 0 Å². The maximum absolute atomic E-state index is 12.0. The number of nitrogens with zero attached hydrogens (tertiary/aromatic N) is 3. The highest BCUT2D eigenvalue weighted by Gasteiger charge is 2.21. The van der Waals surface area contributed by atoms with Crippen LogP contribution in [-0.2, 0) is 0 Å². The topological polar surface area (TPSA) is 139 Å². The predicted molar refractivity (Wildman–Crippen MR) is 85.1 cm³/mol. The van der Waals surface area contributed by atoms with Gasteiger partial charge in [0.25, 0.3) is 5.56 Å². The Morgan fingerprint density at radius 3 is 2.52 bits per heavy atom. The van der Waals surface area contributed by atoms with Crippen LogP contribution in [0.4, 0.5) is 5.82 Å². The van der Waals surface area contributed by atoms with E-state index < -0.39 is 5.56 Å². The van der Waals surface area contributed by atoms with Crippen LogP contribution in [0.5, 0.6) is 5.75 Å². The third-order valence-corrected chi connectivity index (χ3v) is 3.46. The molecule has 1 heterocycles. The van der Waals surface area contributed by atoms with Crippen LogP contribution in [0.3, 0.4) is 0 Å². The van der Waals surface area contributed by atoms with Crippen LogP contribution in [0.1, 0.15) is 11.1 Å². The Bertz CT molecular complexity index is 960. The maximum Gasteiger partial charge on any atom is 0.268 e. The molecule has 0 spiro atoms. The van der Waals surface area contributed by atoms with Gasteiger partial charge < -0.3 is 15.5 Å². The molecule has 0 saturated heterocycles. The summed E-state index contributed by atoms with van der Waals surface area (Å²) in [6, 6.07) is 10.3. The van der Waals surface area contributed by atoms with Crippen LogP contribution in [-0.4, -0.2) is 11.6 Å². The molecule has 0 atom stereocenters. The molecule has 2 rings (SSSR count). The molecule has 8 heteroatoms. The number of rotatable bonds is 3. The third kappa shape index (κ3) is 3.01. The number of aromatic nitrogens is 1. The highest BCUT2D eigenvalue weighted by atomic mass is 79.9. The largest absolute Gasteiger partial charge is 0.478 e. The van der Waals surface area contributed by atoms with E-state index >= 15 is 0 Å². The van der Waals surface area contributed by atoms with Crippen LogP contribution >= 0.6 is 15.9 Å². The van der Waals surface area contributed by atoms with Gasteiger partial charge >= 0.3 is 0 Å². The van der Waals surface area contributed by atoms with E-state index in [-0.39, 0.29) is 34.9 Å². The third-order valence-electron chi connectivity index (χ3n) is 2.97. The van der Waals surface area contributed by atoms with E-state index in [1.54, 1.807) is 24.3 Å². The normalized spacial score (nSPS) is 9.48. The average Bonchev–Trinajstić information content (AvgIpc) is 2.53. The van der Waals surface area contributed by atoms with Gasteiger partial charge in [-0.3, -0.25) is 4.79 Å². The zero-order chi connectivity index (χ0) is 17.0. The number of nitrogens with two attached hydrogens (primary N) is 1. The number of anilines is 1. The molecule has 2 aromatic rings. The molecule has 112 valence electrons. The van der Waals surface area contributed by atoms with Gasteiger partial charge in [-0.2, -0.15) is 15.8 Å². The Balaban J connectivity index is 2.90. The Morgan fingerprint density at radius 2 is 1.91 bits per heavy atom. The molecule has 0 aliphatic carbocycles. The van der Waals surface area contributed by atoms with Gasteiger partial charge in [-0.25, -0.2) is 0 Å². The van der Waals surface area contributed by atoms with Gasteiger partial charge in [0, 0.05) is 15.6 Å². The van der Waals surface area contributed by atoms with Crippen molar-refractivity contribution in [2.75, 3.05) is 12.3 Å². The molecule has 0 amide bonds. The minimum absolute atomic E-state index is 0.0407. The van der Waals surface area contributed by atoms with Gasteiger partial charge in [-0.05, 0) is 18.2 Å². The lowest BCUT2D eigenvalue weighted by Crippen LogP contribution is -2.16. The summed E-state index contributed by atoms with van der Waals surface area (Å²) in [5.41, 5.74) is 5.09. The second-order valence-electron chi connectivity index (χ2n) is 4.30. The number of nitrogens with one attached hydrogen (secondary N) is 1. The predicted octanol–water partition coefficient (Wildman–Crippen LogP) is 2.03. The van der Waals surface area contributed by atoms with Crippen LogP contribution in [0.2, 0.25) is 0 Å². The van der Waals surface area contributed by atoms with E-state index in [1.165, 1.54) is 0 Å². The number of benzene rings is 1. The number of hydrogen-bond acceptors (Lipinski definition) is 6. The molecule has 7 nitrogen and oxygen atoms in total. The Kier molecular flexibility index (Phi) is 4.66. The van der Waals surface area contributed by atoms with Crippen molar-refractivity contribution in [2.24, 2.45) is 0 Å². The highest BCUT2D eigenvalue weighted by Crippen LogP contribution is 2.37. The van der Waals surface area contributed by atoms with Crippen LogP contribution in [0, 0.1) is 34.0 Å². The molecule has 0 unspecified atom stereocenters. The molecule has 0 saturated carbocycles. The first-order valence-electron chi connectivity index (χ1n) is 6.19. The molecule has 1 aromatic carbocycles. The summed E-state index contributed by atoms with van der Waals surface area (Å²) in [6.45, 7) is -0.225. The van der Waals surface area contributed by atoms with Crippen molar-refractivity contribution in [3.8, 4) is 35.1 Å². The van der Waals surface area contributed by atoms with Crippen molar-refractivity contribution in [1.82, 2.24) is 4.98 Å². The number of pyridine rings is 1. The number of halogens is 1. The van der Waals surface area contributed by atoms with Gasteiger partial charge in [0.1, 0.15) is 40.9 Å². The Hall–Kier alpha value is -3.28. The van der Waals surface area contributed by atoms with Gasteiger partial charge in [0.2, 0.25) is 0 Å². The summed E-state index contributed by atoms with van der Waals surface area (Å²) in [4.78, 5) is 14.2. The van der Waals surface area contributed by atoms with Crippen LogP contribution < -0.4 is 16.0 Å². The van der Waals surface area contributed by atoms with E-state index in [9.17, 15) is 15.3 Å². The fourth-order valence-electron chi connectivity index (χ4n) is 2.05. The monoisotopic (exact) mass is 369 g/mol. The second kappa shape index (κ2) is 6.65. The minimum Gasteiger partial charge on any atom is -0.478 e. The zero-order valence-electron chi connectivity index (χ0n) is 11.6. The quantitative estimate of drug-likeness (QED) is 0.847. The zero-order valence-corrected chi connectivity index (χ0v) is 13.1. The van der Waals surface area contributed by atoms with Crippen molar-refractivity contribution >= 4 is 21.7 Å². The van der Waals surface area contributed by atoms with E-state index in [4.69, 9.17) is 15.7 Å². The first kappa shape index (κ1) is 16.1. The molecule has 0 aliphatic heterocycles. The summed E-state index contributed by atoms with van der Waals surface area (Å²) in [6.07, 6.45) is 0. The fraction of sp³-hybridized carbons (Fsp3) is 0.0667. The lowest BCUT2D eigenvalue weighted by Gasteiger charge is -2.13. The summed E-state index contributed by atoms with van der Waals surface area (Å²) in [5.74, 6) is 0.116. The SMILES string of the molecule is N#CCOc1ccc(Br)cc1-c1c(C#N)c(N)[nH]c(=O)c1C#N. The van der Waals surface area contributed by atoms with E-state index in [1.807, 2.05) is 12.1 Å². The average molecular weight is 370 g/mol. The number of hydrogen-bond donors (Lipinski definition) is 2. The molecule has 23 heavy (non-hydrogen) atoms. The maximum atomic E-state index is 12.0. The number of aromatic amines is 1. The van der Waals surface area contributed by atoms with Crippen molar-refractivity contribution in [3.05, 3.63) is 44.2 Å². The van der Waals surface area contributed by atoms with Crippen molar-refractivity contribution in [3.63, 3.8) is 0 Å². The molecule has 0 fully saturated rings. The number of ether oxygens (including phenoxy) is 1. The molecule has 1 aromatic heterocycles. The standard InChI is InChI=1S/C15H8BrN5O2/c16-8-1-2-12(23-4-3-17)9(5-8)13-10(6-18)14(20)21-15(22)11(13)7-19/h1-2,5H,4H2,(H3,20,21,22). The number of nitriles is 3. The summed E-state index contributed by atoms with van der Waals surface area (Å²) in [7, 11) is 0. The van der Waals surface area contributed by atoms with Gasteiger partial charge in [-0.1, -0.05) is 15.9 Å². The molecular weight excluding hydrogens is 362 g/mol. The van der Waals surface area contributed by atoms with Gasteiger partial charge in [-0.15, -0.1) is 0 Å². The van der Waals surface area contributed by atoms with Crippen LogP contribution in [0.25, 0.3) is 11.1 Å². The highest BCUT2D eigenvalue weighted by molar-refractivity contribution is 9.10. The molecule has 3 N–H and O–H groups in total. The van der Waals surface area contributed by atoms with Crippen molar-refractivity contribution < 1.29 is 4.74 Å². The lowest BCUT2D eigenvalue weighted by molar-refractivity contribution is 0.369. The fourth-order valence-corrected chi connectivity index (χ4v) is 2.41. The van der Waals surface area contributed by atoms with Gasteiger partial charge in [0.05, 0.1) is 0 Å². The van der Waals surface area contributed by atoms with E-state index in [0.29, 0.717) is 10.0 Å². The first-order valence-corrected chi connectivity index (χ1v) is 6.98. The molecular formula is C15H8BrN5O2. The Labute approximate surface area is 139 Å². The molecule has 0 radical (unpaired) electrons. The second-order valence-corrected chi connectivity index (χ2v) is 5.22. The first-order chi connectivity index (χ1) is 11.0. The summed E-state index contributed by atoms with van der Waals surface area (Å²) in [5, 5.41) is 27.3. The number of H-pyrrole nitrogens is 1. The van der Waals surface area contributed by atoms with Crippen molar-refractivity contribution in [2.45, 2.75) is 0 Å². The molecule has 0 bridgehead atoms. The minimum atomic E-state index is -0.704. The summed E-state index contributed by atoms with van der Waals surface area (Å²) < 4.78 is 5.96. The summed E-state index contributed by atoms with van der Waals surface area (Å²) >= 11 is 3.29. The van der Waals surface area contributed by atoms with Gasteiger partial charge in [0.15, 0.2) is 6.61 Å². The van der Waals surface area contributed by atoms with Crippen LogP contribution in [0.15, 0.2) is 27.5 Å². The Morgan fingerprint density at radius 1 is 1.22 bits per heavy atom. The van der Waals surface area contributed by atoms with Crippen molar-refractivity contribution in [1.29, 1.82) is 15.8 Å². The lowest BCUT2D eigenvalue weighted by atomic mass is 9.96.